The van der Waals surface area contributed by atoms with E-state index in [2.05, 4.69) is 4.98 Å². The zero-order valence-electron chi connectivity index (χ0n) is 8.59. The summed E-state index contributed by atoms with van der Waals surface area (Å²) in [6.45, 7) is 0. The van der Waals surface area contributed by atoms with Gasteiger partial charge in [0.25, 0.3) is 6.43 Å². The summed E-state index contributed by atoms with van der Waals surface area (Å²) >= 11 is 0. The molecule has 1 rings (SSSR count). The quantitative estimate of drug-likeness (QED) is 0.769. The summed E-state index contributed by atoms with van der Waals surface area (Å²) in [5, 5.41) is 17.0. The molecule has 18 heavy (non-hydrogen) atoms. The van der Waals surface area contributed by atoms with Crippen LogP contribution >= 0.6 is 0 Å². The Kier molecular flexibility index (Phi) is 3.82. The molecule has 0 N–H and O–H groups in total. The molecule has 0 aromatic carbocycles. The zero-order chi connectivity index (χ0) is 13.9. The molecule has 1 aromatic heterocycles. The fourth-order valence-corrected chi connectivity index (χ4v) is 1.31. The first-order chi connectivity index (χ1) is 8.31. The van der Waals surface area contributed by atoms with Crippen LogP contribution in [0.1, 0.15) is 28.9 Å². The molecular formula is C10H4F5N3. The predicted octanol–water partition coefficient (Wildman–Crippen LogP) is 2.98. The highest BCUT2D eigenvalue weighted by molar-refractivity contribution is 5.42. The van der Waals surface area contributed by atoms with Crippen LogP contribution < -0.4 is 0 Å². The number of pyridine rings is 1. The van der Waals surface area contributed by atoms with Crippen molar-refractivity contribution in [2.75, 3.05) is 0 Å². The molecule has 8 heteroatoms. The SMILES string of the molecule is N#CCc1c(C(F)(F)F)cc(C(F)F)nc1C#N. The summed E-state index contributed by atoms with van der Waals surface area (Å²) in [6.07, 6.45) is -8.88. The van der Waals surface area contributed by atoms with Gasteiger partial charge in [0.15, 0.2) is 0 Å². The van der Waals surface area contributed by atoms with Gasteiger partial charge in [-0.1, -0.05) is 0 Å². The van der Waals surface area contributed by atoms with E-state index in [0.717, 1.165) is 0 Å². The Morgan fingerprint density at radius 3 is 2.28 bits per heavy atom. The lowest BCUT2D eigenvalue weighted by Crippen LogP contribution is -2.13. The van der Waals surface area contributed by atoms with Crippen LogP contribution in [0, 0.1) is 22.7 Å². The first kappa shape index (κ1) is 13.8. The zero-order valence-corrected chi connectivity index (χ0v) is 8.59. The molecule has 0 unspecified atom stereocenters. The fraction of sp³-hybridized carbons (Fsp3) is 0.300. The number of nitriles is 2. The lowest BCUT2D eigenvalue weighted by Gasteiger charge is -2.13. The first-order valence-electron chi connectivity index (χ1n) is 4.47. The van der Waals surface area contributed by atoms with Crippen molar-refractivity contribution in [2.45, 2.75) is 19.0 Å². The summed E-state index contributed by atoms with van der Waals surface area (Å²) in [6, 6.07) is 2.90. The normalized spacial score (nSPS) is 11.1. The fourth-order valence-electron chi connectivity index (χ4n) is 1.31. The average Bonchev–Trinajstić information content (AvgIpc) is 2.27. The Labute approximate surface area is 98.1 Å². The Morgan fingerprint density at radius 2 is 1.89 bits per heavy atom. The highest BCUT2D eigenvalue weighted by Crippen LogP contribution is 2.35. The molecule has 0 fully saturated rings. The van der Waals surface area contributed by atoms with Gasteiger partial charge in [0, 0.05) is 5.56 Å². The van der Waals surface area contributed by atoms with Crippen LogP contribution in [0.15, 0.2) is 6.07 Å². The van der Waals surface area contributed by atoms with Crippen molar-refractivity contribution in [2.24, 2.45) is 0 Å². The maximum atomic E-state index is 12.6. The van der Waals surface area contributed by atoms with Crippen LogP contribution in [0.25, 0.3) is 0 Å². The minimum Gasteiger partial charge on any atom is -0.236 e. The van der Waals surface area contributed by atoms with E-state index < -0.39 is 41.5 Å². The van der Waals surface area contributed by atoms with Crippen molar-refractivity contribution < 1.29 is 22.0 Å². The van der Waals surface area contributed by atoms with Gasteiger partial charge in [0.05, 0.1) is 18.1 Å². The largest absolute Gasteiger partial charge is 0.416 e. The summed E-state index contributed by atoms with van der Waals surface area (Å²) in [7, 11) is 0. The number of hydrogen-bond acceptors (Lipinski definition) is 3. The second-order valence-corrected chi connectivity index (χ2v) is 3.17. The summed E-state index contributed by atoms with van der Waals surface area (Å²) in [4.78, 5) is 3.12. The van der Waals surface area contributed by atoms with Crippen molar-refractivity contribution in [1.82, 2.24) is 4.98 Å². The lowest BCUT2D eigenvalue weighted by molar-refractivity contribution is -0.138. The summed E-state index contributed by atoms with van der Waals surface area (Å²) in [5.41, 5.74) is -4.05. The molecule has 1 aromatic rings. The molecule has 0 aliphatic carbocycles. The smallest absolute Gasteiger partial charge is 0.236 e. The number of rotatable bonds is 2. The van der Waals surface area contributed by atoms with Crippen LogP contribution in [0.3, 0.4) is 0 Å². The van der Waals surface area contributed by atoms with E-state index in [1.54, 1.807) is 0 Å². The number of halogens is 5. The molecule has 0 atom stereocenters. The number of nitrogens with zero attached hydrogens (tertiary/aromatic N) is 3. The number of alkyl halides is 5. The van der Waals surface area contributed by atoms with E-state index in [9.17, 15) is 22.0 Å². The second kappa shape index (κ2) is 4.96. The topological polar surface area (TPSA) is 60.5 Å². The lowest BCUT2D eigenvalue weighted by atomic mass is 10.0. The van der Waals surface area contributed by atoms with E-state index in [1.165, 1.54) is 12.1 Å². The maximum Gasteiger partial charge on any atom is 0.416 e. The standard InChI is InChI=1S/C10H4F5N3/c11-9(12)7-3-6(10(13,14)15)5(1-2-16)8(4-17)18-7/h3,9H,1H2. The third kappa shape index (κ3) is 2.72. The Bertz CT molecular complexity index is 536. The number of aromatic nitrogens is 1. The van der Waals surface area contributed by atoms with Gasteiger partial charge in [-0.2, -0.15) is 23.7 Å². The monoisotopic (exact) mass is 261 g/mol. The Morgan fingerprint density at radius 1 is 1.28 bits per heavy atom. The van der Waals surface area contributed by atoms with E-state index in [0.29, 0.717) is 0 Å². The molecular weight excluding hydrogens is 257 g/mol. The minimum atomic E-state index is -4.93. The maximum absolute atomic E-state index is 12.6. The van der Waals surface area contributed by atoms with Gasteiger partial charge in [-0.05, 0) is 6.07 Å². The van der Waals surface area contributed by atoms with Gasteiger partial charge in [-0.25, -0.2) is 13.8 Å². The van der Waals surface area contributed by atoms with Crippen LogP contribution in [-0.2, 0) is 12.6 Å². The van der Waals surface area contributed by atoms with E-state index >= 15 is 0 Å². The van der Waals surface area contributed by atoms with Crippen LogP contribution in [0.2, 0.25) is 0 Å². The molecule has 0 amide bonds. The van der Waals surface area contributed by atoms with Gasteiger partial charge in [-0.3, -0.25) is 0 Å². The highest BCUT2D eigenvalue weighted by atomic mass is 19.4. The number of hydrogen-bond donors (Lipinski definition) is 0. The van der Waals surface area contributed by atoms with Gasteiger partial charge >= 0.3 is 6.18 Å². The van der Waals surface area contributed by atoms with Crippen LogP contribution in [0.4, 0.5) is 22.0 Å². The van der Waals surface area contributed by atoms with Gasteiger partial charge in [-0.15, -0.1) is 0 Å². The highest BCUT2D eigenvalue weighted by Gasteiger charge is 2.36. The van der Waals surface area contributed by atoms with Crippen molar-refractivity contribution >= 4 is 0 Å². The van der Waals surface area contributed by atoms with E-state index in [4.69, 9.17) is 10.5 Å². The molecule has 0 aliphatic rings. The van der Waals surface area contributed by atoms with Gasteiger partial charge in [0.1, 0.15) is 17.5 Å². The predicted molar refractivity (Wildman–Crippen MR) is 48.2 cm³/mol. The molecule has 0 bridgehead atoms. The van der Waals surface area contributed by atoms with Crippen molar-refractivity contribution in [3.05, 3.63) is 28.6 Å². The van der Waals surface area contributed by atoms with Crippen molar-refractivity contribution in [1.29, 1.82) is 10.5 Å². The third-order valence-corrected chi connectivity index (χ3v) is 2.03. The third-order valence-electron chi connectivity index (χ3n) is 2.03. The van der Waals surface area contributed by atoms with Crippen molar-refractivity contribution in [3.8, 4) is 12.1 Å². The summed E-state index contributed by atoms with van der Waals surface area (Å²) < 4.78 is 62.6. The van der Waals surface area contributed by atoms with E-state index in [1.807, 2.05) is 0 Å². The van der Waals surface area contributed by atoms with Gasteiger partial charge < -0.3 is 0 Å². The summed E-state index contributed by atoms with van der Waals surface area (Å²) in [5.74, 6) is 0. The average molecular weight is 261 g/mol. The van der Waals surface area contributed by atoms with Crippen LogP contribution in [0.5, 0.6) is 0 Å². The minimum absolute atomic E-state index is 0.165. The molecule has 0 saturated carbocycles. The molecule has 0 radical (unpaired) electrons. The Hall–Kier alpha value is -2.22. The van der Waals surface area contributed by atoms with Crippen molar-refractivity contribution in [3.63, 3.8) is 0 Å². The molecule has 0 saturated heterocycles. The van der Waals surface area contributed by atoms with E-state index in [-0.39, 0.29) is 6.07 Å². The Balaban J connectivity index is 3.59. The first-order valence-corrected chi connectivity index (χ1v) is 4.47. The molecule has 3 nitrogen and oxygen atoms in total. The molecule has 94 valence electrons. The molecule has 0 spiro atoms. The van der Waals surface area contributed by atoms with Crippen LogP contribution in [-0.4, -0.2) is 4.98 Å². The molecule has 1 heterocycles. The second-order valence-electron chi connectivity index (χ2n) is 3.17. The molecule has 0 aliphatic heterocycles. The van der Waals surface area contributed by atoms with Gasteiger partial charge in [0.2, 0.25) is 0 Å².